The molecule has 0 spiro atoms. The van der Waals surface area contributed by atoms with Gasteiger partial charge in [-0.25, -0.2) is 4.39 Å². The quantitative estimate of drug-likeness (QED) is 0.461. The lowest BCUT2D eigenvalue weighted by Crippen LogP contribution is -2.30. The SMILES string of the molecule is CC(C)C(NC(=O)/C=C/c1cc2c(cc1[N+](=O)[O-])OCO2)c1ccc(F)cc1. The van der Waals surface area contributed by atoms with Gasteiger partial charge in [0.05, 0.1) is 22.6 Å². The van der Waals surface area contributed by atoms with Crippen molar-refractivity contribution in [2.75, 3.05) is 6.79 Å². The van der Waals surface area contributed by atoms with Crippen molar-refractivity contribution >= 4 is 17.7 Å². The second-order valence-corrected chi connectivity index (χ2v) is 6.64. The van der Waals surface area contributed by atoms with E-state index in [2.05, 4.69) is 5.32 Å². The van der Waals surface area contributed by atoms with Gasteiger partial charge in [0.1, 0.15) is 5.82 Å². The third kappa shape index (κ3) is 4.28. The highest BCUT2D eigenvalue weighted by molar-refractivity contribution is 5.92. The Hall–Kier alpha value is -3.42. The number of hydrogen-bond donors (Lipinski definition) is 1. The first-order valence-electron chi connectivity index (χ1n) is 8.67. The van der Waals surface area contributed by atoms with Gasteiger partial charge in [0, 0.05) is 6.08 Å². The molecule has 0 bridgehead atoms. The Labute approximate surface area is 160 Å². The van der Waals surface area contributed by atoms with Gasteiger partial charge in [0.25, 0.3) is 5.69 Å². The van der Waals surface area contributed by atoms with Crippen LogP contribution in [0.4, 0.5) is 10.1 Å². The fourth-order valence-corrected chi connectivity index (χ4v) is 2.91. The highest BCUT2D eigenvalue weighted by Gasteiger charge is 2.22. The first-order valence-corrected chi connectivity index (χ1v) is 8.67. The van der Waals surface area contributed by atoms with E-state index in [-0.39, 0.29) is 35.8 Å². The molecule has 1 N–H and O–H groups in total. The van der Waals surface area contributed by atoms with Gasteiger partial charge in [-0.05, 0) is 35.8 Å². The lowest BCUT2D eigenvalue weighted by Gasteiger charge is -2.22. The summed E-state index contributed by atoms with van der Waals surface area (Å²) in [6, 6.07) is 8.31. The number of nitrogens with one attached hydrogen (secondary N) is 1. The highest BCUT2D eigenvalue weighted by atomic mass is 19.1. The molecule has 0 aliphatic carbocycles. The summed E-state index contributed by atoms with van der Waals surface area (Å²) in [5, 5.41) is 14.1. The second-order valence-electron chi connectivity index (χ2n) is 6.64. The standard InChI is InChI=1S/C20H19FN2O5/c1-12(2)20(13-3-6-15(21)7-4-13)22-19(24)8-5-14-9-17-18(28-11-27-17)10-16(14)23(25)26/h3-10,12,20H,11H2,1-2H3,(H,22,24)/b8-5+. The Bertz CT molecular complexity index is 925. The van der Waals surface area contributed by atoms with Crippen LogP contribution in [0.3, 0.4) is 0 Å². The van der Waals surface area contributed by atoms with Crippen LogP contribution in [-0.4, -0.2) is 17.6 Å². The molecule has 28 heavy (non-hydrogen) atoms. The summed E-state index contributed by atoms with van der Waals surface area (Å²) < 4.78 is 23.5. The number of carbonyl (C=O) groups excluding carboxylic acids is 1. The summed E-state index contributed by atoms with van der Waals surface area (Å²) in [4.78, 5) is 23.1. The van der Waals surface area contributed by atoms with Crippen LogP contribution in [0, 0.1) is 21.8 Å². The van der Waals surface area contributed by atoms with Gasteiger partial charge in [0.15, 0.2) is 11.5 Å². The Morgan fingerprint density at radius 2 is 1.86 bits per heavy atom. The topological polar surface area (TPSA) is 90.7 Å². The van der Waals surface area contributed by atoms with Crippen LogP contribution in [0.2, 0.25) is 0 Å². The normalized spacial score (nSPS) is 13.7. The molecule has 3 rings (SSSR count). The lowest BCUT2D eigenvalue weighted by atomic mass is 9.96. The summed E-state index contributed by atoms with van der Waals surface area (Å²) in [6.07, 6.45) is 2.58. The van der Waals surface area contributed by atoms with Crippen LogP contribution >= 0.6 is 0 Å². The van der Waals surface area contributed by atoms with Crippen molar-refractivity contribution in [2.24, 2.45) is 5.92 Å². The molecule has 1 unspecified atom stereocenters. The fraction of sp³-hybridized carbons (Fsp3) is 0.250. The predicted octanol–water partition coefficient (Wildman–Crippen LogP) is 3.99. The van der Waals surface area contributed by atoms with E-state index in [0.29, 0.717) is 11.5 Å². The average Bonchev–Trinajstić information content (AvgIpc) is 3.11. The van der Waals surface area contributed by atoms with Crippen LogP contribution in [-0.2, 0) is 4.79 Å². The molecule has 1 aliphatic rings. The fourth-order valence-electron chi connectivity index (χ4n) is 2.91. The van der Waals surface area contributed by atoms with Crippen molar-refractivity contribution in [3.63, 3.8) is 0 Å². The molecule has 0 aromatic heterocycles. The predicted molar refractivity (Wildman–Crippen MR) is 100 cm³/mol. The number of fused-ring (bicyclic) bond motifs is 1. The van der Waals surface area contributed by atoms with Gasteiger partial charge in [-0.1, -0.05) is 26.0 Å². The molecule has 0 radical (unpaired) electrons. The van der Waals surface area contributed by atoms with Gasteiger partial charge in [-0.2, -0.15) is 0 Å². The summed E-state index contributed by atoms with van der Waals surface area (Å²) in [5.74, 6) is -0.0354. The zero-order valence-electron chi connectivity index (χ0n) is 15.3. The van der Waals surface area contributed by atoms with E-state index in [1.54, 1.807) is 12.1 Å². The van der Waals surface area contributed by atoms with Crippen molar-refractivity contribution in [3.05, 3.63) is 69.5 Å². The third-order valence-corrected chi connectivity index (χ3v) is 4.33. The minimum atomic E-state index is -0.547. The van der Waals surface area contributed by atoms with Crippen LogP contribution in [0.15, 0.2) is 42.5 Å². The number of ether oxygens (including phenoxy) is 2. The van der Waals surface area contributed by atoms with Gasteiger partial charge in [-0.15, -0.1) is 0 Å². The molecular weight excluding hydrogens is 367 g/mol. The highest BCUT2D eigenvalue weighted by Crippen LogP contribution is 2.38. The molecule has 1 amide bonds. The van der Waals surface area contributed by atoms with Gasteiger partial charge >= 0.3 is 0 Å². The van der Waals surface area contributed by atoms with Gasteiger partial charge < -0.3 is 14.8 Å². The molecule has 7 nitrogen and oxygen atoms in total. The number of amides is 1. The molecule has 0 saturated carbocycles. The smallest absolute Gasteiger partial charge is 0.280 e. The summed E-state index contributed by atoms with van der Waals surface area (Å²) >= 11 is 0. The molecule has 2 aromatic rings. The van der Waals surface area contributed by atoms with E-state index < -0.39 is 10.8 Å². The number of benzene rings is 2. The number of nitrogens with zero attached hydrogens (tertiary/aromatic N) is 1. The first kappa shape index (κ1) is 19.3. The lowest BCUT2D eigenvalue weighted by molar-refractivity contribution is -0.385. The van der Waals surface area contributed by atoms with E-state index in [0.717, 1.165) is 5.56 Å². The average molecular weight is 386 g/mol. The number of carbonyl (C=O) groups is 1. The number of nitro benzene ring substituents is 1. The van der Waals surface area contributed by atoms with Crippen molar-refractivity contribution in [1.29, 1.82) is 0 Å². The maximum atomic E-state index is 13.1. The first-order chi connectivity index (χ1) is 13.3. The van der Waals surface area contributed by atoms with E-state index in [1.165, 1.54) is 36.4 Å². The van der Waals surface area contributed by atoms with E-state index in [9.17, 15) is 19.3 Å². The maximum absolute atomic E-state index is 13.1. The second kappa shape index (κ2) is 8.08. The number of halogens is 1. The van der Waals surface area contributed by atoms with Crippen molar-refractivity contribution in [3.8, 4) is 11.5 Å². The minimum Gasteiger partial charge on any atom is -0.454 e. The molecule has 2 aromatic carbocycles. The zero-order valence-corrected chi connectivity index (χ0v) is 15.3. The van der Waals surface area contributed by atoms with Crippen molar-refractivity contribution < 1.29 is 23.6 Å². The summed E-state index contributed by atoms with van der Waals surface area (Å²) in [7, 11) is 0. The molecule has 0 fully saturated rings. The van der Waals surface area contributed by atoms with Crippen LogP contribution in [0.1, 0.15) is 31.0 Å². The van der Waals surface area contributed by atoms with E-state index in [4.69, 9.17) is 9.47 Å². The Balaban J connectivity index is 1.79. The number of rotatable bonds is 6. The molecule has 0 saturated heterocycles. The number of nitro groups is 1. The summed E-state index contributed by atoms with van der Waals surface area (Å²) in [6.45, 7) is 3.86. The molecule has 1 heterocycles. The molecule has 1 aliphatic heterocycles. The molecule has 8 heteroatoms. The Morgan fingerprint density at radius 3 is 2.46 bits per heavy atom. The molecule has 146 valence electrons. The number of hydrogen-bond acceptors (Lipinski definition) is 5. The van der Waals surface area contributed by atoms with E-state index in [1.807, 2.05) is 13.8 Å². The van der Waals surface area contributed by atoms with Gasteiger partial charge in [-0.3, -0.25) is 14.9 Å². The van der Waals surface area contributed by atoms with Crippen LogP contribution < -0.4 is 14.8 Å². The molecular formula is C20H19FN2O5. The summed E-state index contributed by atoms with van der Waals surface area (Å²) in [5.41, 5.74) is 0.812. The zero-order chi connectivity index (χ0) is 20.3. The van der Waals surface area contributed by atoms with Crippen LogP contribution in [0.25, 0.3) is 6.08 Å². The minimum absolute atomic E-state index is 0.00607. The van der Waals surface area contributed by atoms with Gasteiger partial charge in [0.2, 0.25) is 12.7 Å². The molecule has 1 atom stereocenters. The maximum Gasteiger partial charge on any atom is 0.280 e. The monoisotopic (exact) mass is 386 g/mol. The van der Waals surface area contributed by atoms with Crippen molar-refractivity contribution in [2.45, 2.75) is 19.9 Å². The Morgan fingerprint density at radius 1 is 1.21 bits per heavy atom. The van der Waals surface area contributed by atoms with Crippen molar-refractivity contribution in [1.82, 2.24) is 5.32 Å². The van der Waals surface area contributed by atoms with Crippen LogP contribution in [0.5, 0.6) is 11.5 Å². The largest absolute Gasteiger partial charge is 0.454 e. The van der Waals surface area contributed by atoms with E-state index >= 15 is 0 Å². The third-order valence-electron chi connectivity index (χ3n) is 4.33. The Kier molecular flexibility index (Phi) is 5.58.